The van der Waals surface area contributed by atoms with Crippen molar-refractivity contribution in [3.8, 4) is 0 Å². The summed E-state index contributed by atoms with van der Waals surface area (Å²) < 4.78 is 26.9. The molecule has 0 aliphatic rings. The third kappa shape index (κ3) is 2.92. The summed E-state index contributed by atoms with van der Waals surface area (Å²) in [6.45, 7) is 1.74. The van der Waals surface area contributed by atoms with Crippen LogP contribution in [0.25, 0.3) is 0 Å². The fraction of sp³-hybridized carbons (Fsp3) is 0.111. The van der Waals surface area contributed by atoms with Gasteiger partial charge in [0.15, 0.2) is 0 Å². The van der Waals surface area contributed by atoms with E-state index in [0.717, 1.165) is 11.3 Å². The molecular formula is C9H7Cl2N3O2S2. The molecule has 0 fully saturated rings. The number of hydrogen-bond acceptors (Lipinski definition) is 5. The average molecular weight is 324 g/mol. The van der Waals surface area contributed by atoms with Crippen molar-refractivity contribution in [2.24, 2.45) is 0 Å². The Kier molecular flexibility index (Phi) is 3.76. The fourth-order valence-corrected chi connectivity index (χ4v) is 4.00. The average Bonchev–Trinajstić information content (AvgIpc) is 2.59. The smallest absolute Gasteiger partial charge is 0.263 e. The van der Waals surface area contributed by atoms with E-state index in [2.05, 4.69) is 14.7 Å². The molecule has 9 heteroatoms. The largest absolute Gasteiger partial charge is 0.272 e. The van der Waals surface area contributed by atoms with Gasteiger partial charge >= 0.3 is 0 Å². The van der Waals surface area contributed by atoms with Crippen molar-refractivity contribution in [1.29, 1.82) is 0 Å². The molecule has 0 saturated carbocycles. The van der Waals surface area contributed by atoms with Gasteiger partial charge in [-0.3, -0.25) is 4.72 Å². The predicted octanol–water partition coefficient (Wildman–Crippen LogP) is 2.95. The molecule has 2 aromatic heterocycles. The quantitative estimate of drug-likeness (QED) is 0.881. The molecule has 0 atom stereocenters. The van der Waals surface area contributed by atoms with Crippen LogP contribution >= 0.6 is 34.5 Å². The molecule has 0 unspecified atom stereocenters. The molecule has 0 aromatic carbocycles. The summed E-state index contributed by atoms with van der Waals surface area (Å²) >= 11 is 12.4. The molecule has 0 aliphatic heterocycles. The zero-order valence-electron chi connectivity index (χ0n) is 9.02. The number of anilines is 1. The maximum absolute atomic E-state index is 12.0. The molecule has 0 bridgehead atoms. The molecule has 0 saturated heterocycles. The Morgan fingerprint density at radius 1 is 1.39 bits per heavy atom. The van der Waals surface area contributed by atoms with Gasteiger partial charge in [0.1, 0.15) is 10.0 Å². The second-order valence-corrected chi connectivity index (χ2v) is 7.24. The van der Waals surface area contributed by atoms with Crippen LogP contribution in [0.1, 0.15) is 5.56 Å². The lowest BCUT2D eigenvalue weighted by Crippen LogP contribution is -2.12. The number of nitrogens with one attached hydrogen (secondary N) is 1. The number of aromatic nitrogens is 2. The Hall–Kier alpha value is -0.890. The van der Waals surface area contributed by atoms with Crippen LogP contribution in [0, 0.1) is 6.92 Å². The lowest BCUT2D eigenvalue weighted by atomic mass is 10.4. The molecule has 2 heterocycles. The van der Waals surface area contributed by atoms with Crippen molar-refractivity contribution in [2.75, 3.05) is 4.72 Å². The van der Waals surface area contributed by atoms with E-state index in [9.17, 15) is 8.42 Å². The summed E-state index contributed by atoms with van der Waals surface area (Å²) in [5, 5.41) is -0.0319. The van der Waals surface area contributed by atoms with Crippen molar-refractivity contribution in [3.63, 3.8) is 0 Å². The van der Waals surface area contributed by atoms with E-state index in [1.54, 1.807) is 6.92 Å². The van der Waals surface area contributed by atoms with Gasteiger partial charge in [-0.25, -0.2) is 13.4 Å². The van der Waals surface area contributed by atoms with Crippen LogP contribution < -0.4 is 4.72 Å². The lowest BCUT2D eigenvalue weighted by molar-refractivity contribution is 0.603. The number of nitrogens with zero attached hydrogens (tertiary/aromatic N) is 2. The zero-order valence-corrected chi connectivity index (χ0v) is 12.2. The van der Waals surface area contributed by atoms with Crippen molar-refractivity contribution in [1.82, 2.24) is 9.97 Å². The minimum absolute atomic E-state index is 0.0319. The van der Waals surface area contributed by atoms with Gasteiger partial charge in [0.25, 0.3) is 10.0 Å². The summed E-state index contributed by atoms with van der Waals surface area (Å²) in [4.78, 5) is 7.41. The molecule has 2 aromatic rings. The highest BCUT2D eigenvalue weighted by Crippen LogP contribution is 2.30. The highest BCUT2D eigenvalue weighted by molar-refractivity contribution is 7.94. The Balaban J connectivity index is 2.33. The van der Waals surface area contributed by atoms with Crippen LogP contribution in [0.4, 0.5) is 5.82 Å². The molecule has 1 N–H and O–H groups in total. The summed E-state index contributed by atoms with van der Waals surface area (Å²) in [5.74, 6) is 0.108. The normalized spacial score (nSPS) is 11.5. The van der Waals surface area contributed by atoms with Gasteiger partial charge in [-0.1, -0.05) is 11.6 Å². The predicted molar refractivity (Wildman–Crippen MR) is 71.9 cm³/mol. The maximum Gasteiger partial charge on any atom is 0.272 e. The minimum Gasteiger partial charge on any atom is -0.263 e. The van der Waals surface area contributed by atoms with Gasteiger partial charge < -0.3 is 0 Å². The van der Waals surface area contributed by atoms with Crippen LogP contribution in [0.5, 0.6) is 0 Å². The van der Waals surface area contributed by atoms with Crippen LogP contribution in [-0.4, -0.2) is 18.4 Å². The molecular weight excluding hydrogens is 317 g/mol. The Morgan fingerprint density at radius 2 is 2.11 bits per heavy atom. The topological polar surface area (TPSA) is 72.0 Å². The third-order valence-electron chi connectivity index (χ3n) is 1.96. The first kappa shape index (κ1) is 13.5. The molecule has 0 spiro atoms. The van der Waals surface area contributed by atoms with Crippen LogP contribution in [-0.2, 0) is 10.0 Å². The fourth-order valence-electron chi connectivity index (χ4n) is 1.14. The summed E-state index contributed by atoms with van der Waals surface area (Å²) in [6, 6.07) is 2.91. The van der Waals surface area contributed by atoms with E-state index in [0.29, 0.717) is 9.90 Å². The van der Waals surface area contributed by atoms with E-state index in [1.807, 2.05) is 0 Å². The van der Waals surface area contributed by atoms with Gasteiger partial charge in [-0.2, -0.15) is 4.98 Å². The SMILES string of the molecule is Cc1cc(S(=O)(=O)Nc2ccnc(Cl)n2)sc1Cl. The highest BCUT2D eigenvalue weighted by Gasteiger charge is 2.19. The number of rotatable bonds is 3. The van der Waals surface area contributed by atoms with Crippen LogP contribution in [0.3, 0.4) is 0 Å². The van der Waals surface area contributed by atoms with Crippen LogP contribution in [0.2, 0.25) is 9.62 Å². The summed E-state index contributed by atoms with van der Waals surface area (Å²) in [6.07, 6.45) is 1.36. The second-order valence-electron chi connectivity index (χ2n) is 3.34. The molecule has 2 rings (SSSR count). The number of thiophene rings is 1. The van der Waals surface area contributed by atoms with Crippen molar-refractivity contribution in [2.45, 2.75) is 11.1 Å². The summed E-state index contributed by atoms with van der Waals surface area (Å²) in [7, 11) is -3.70. The number of aryl methyl sites for hydroxylation is 1. The zero-order chi connectivity index (χ0) is 13.3. The van der Waals surface area contributed by atoms with Gasteiger partial charge in [-0.05, 0) is 36.2 Å². The van der Waals surface area contributed by atoms with Crippen molar-refractivity contribution in [3.05, 3.63) is 33.5 Å². The highest BCUT2D eigenvalue weighted by atomic mass is 35.5. The number of hydrogen-bond donors (Lipinski definition) is 1. The van der Waals surface area contributed by atoms with Gasteiger partial charge in [0, 0.05) is 6.20 Å². The molecule has 96 valence electrons. The minimum atomic E-state index is -3.70. The molecule has 0 amide bonds. The molecule has 5 nitrogen and oxygen atoms in total. The first-order valence-electron chi connectivity index (χ1n) is 4.66. The van der Waals surface area contributed by atoms with E-state index in [4.69, 9.17) is 23.2 Å². The Bertz CT molecular complexity index is 665. The molecule has 0 radical (unpaired) electrons. The lowest BCUT2D eigenvalue weighted by Gasteiger charge is -2.04. The van der Waals surface area contributed by atoms with E-state index in [1.165, 1.54) is 18.3 Å². The van der Waals surface area contributed by atoms with Gasteiger partial charge in [-0.15, -0.1) is 11.3 Å². The van der Waals surface area contributed by atoms with Crippen molar-refractivity contribution >= 4 is 50.4 Å². The van der Waals surface area contributed by atoms with Crippen molar-refractivity contribution < 1.29 is 8.42 Å². The second kappa shape index (κ2) is 5.00. The number of sulfonamides is 1. The first-order valence-corrected chi connectivity index (χ1v) is 7.71. The Morgan fingerprint density at radius 3 is 2.67 bits per heavy atom. The van der Waals surface area contributed by atoms with E-state index in [-0.39, 0.29) is 15.3 Å². The van der Waals surface area contributed by atoms with Gasteiger partial charge in [0.05, 0.1) is 4.34 Å². The van der Waals surface area contributed by atoms with Gasteiger partial charge in [0.2, 0.25) is 5.28 Å². The van der Waals surface area contributed by atoms with E-state index >= 15 is 0 Å². The van der Waals surface area contributed by atoms with Crippen LogP contribution in [0.15, 0.2) is 22.5 Å². The third-order valence-corrected chi connectivity index (χ3v) is 5.53. The van der Waals surface area contributed by atoms with E-state index < -0.39 is 10.0 Å². The maximum atomic E-state index is 12.0. The number of halogens is 2. The molecule has 0 aliphatic carbocycles. The first-order chi connectivity index (χ1) is 8.38. The summed E-state index contributed by atoms with van der Waals surface area (Å²) in [5.41, 5.74) is 0.711. The standard InChI is InChI=1S/C9H7Cl2N3O2S2/c1-5-4-7(17-8(5)10)18(15,16)14-6-2-3-12-9(11)13-6/h2-4H,1H3,(H,12,13,14). The Labute approximate surface area is 118 Å². The monoisotopic (exact) mass is 323 g/mol. The molecule has 18 heavy (non-hydrogen) atoms.